The van der Waals surface area contributed by atoms with Crippen molar-refractivity contribution in [3.63, 3.8) is 0 Å². The SMILES string of the molecule is COc1ccc(CN(c2noc3cc(N(c4cc(C5CC5)n[nH]4)C4CCCCO4)c(OC)cc23)S(=O)(=O)c2c(OC)cc(-c3ncc(Br)cn3)cc2OC)cc1. The van der Waals surface area contributed by atoms with E-state index in [2.05, 4.69) is 47.3 Å². The van der Waals surface area contributed by atoms with Crippen molar-refractivity contribution in [2.75, 3.05) is 44.3 Å². The summed E-state index contributed by atoms with van der Waals surface area (Å²) in [5, 5.41) is 12.6. The highest BCUT2D eigenvalue weighted by molar-refractivity contribution is 9.10. The number of hydrogen-bond acceptors (Lipinski definition) is 13. The fourth-order valence-electron chi connectivity index (χ4n) is 6.88. The van der Waals surface area contributed by atoms with Gasteiger partial charge in [-0.15, -0.1) is 0 Å². The van der Waals surface area contributed by atoms with E-state index in [1.165, 1.54) is 18.5 Å². The third-order valence-electron chi connectivity index (χ3n) is 9.90. The van der Waals surface area contributed by atoms with Crippen molar-refractivity contribution in [2.24, 2.45) is 0 Å². The molecule has 4 heterocycles. The number of halogens is 1. The van der Waals surface area contributed by atoms with Crippen molar-refractivity contribution >= 4 is 54.2 Å². The molecule has 0 bridgehead atoms. The van der Waals surface area contributed by atoms with E-state index in [9.17, 15) is 0 Å². The van der Waals surface area contributed by atoms with E-state index in [-0.39, 0.29) is 35.0 Å². The Morgan fingerprint density at radius 1 is 0.875 bits per heavy atom. The van der Waals surface area contributed by atoms with Crippen LogP contribution in [0.2, 0.25) is 0 Å². The number of nitrogens with one attached hydrogen (secondary N) is 1. The van der Waals surface area contributed by atoms with Gasteiger partial charge in [-0.25, -0.2) is 22.7 Å². The first kappa shape index (κ1) is 37.5. The van der Waals surface area contributed by atoms with E-state index in [1.54, 1.807) is 75.1 Å². The zero-order valence-corrected chi connectivity index (χ0v) is 33.6. The average Bonchev–Trinajstić information content (AvgIpc) is 3.83. The molecule has 6 aromatic rings. The lowest BCUT2D eigenvalue weighted by molar-refractivity contribution is 0.0202. The lowest BCUT2D eigenvalue weighted by atomic mass is 10.1. The molecule has 15 nitrogen and oxygen atoms in total. The van der Waals surface area contributed by atoms with Crippen molar-refractivity contribution in [1.29, 1.82) is 0 Å². The number of aromatic amines is 1. The maximum atomic E-state index is 15.2. The predicted octanol–water partition coefficient (Wildman–Crippen LogP) is 7.74. The van der Waals surface area contributed by atoms with Gasteiger partial charge < -0.3 is 28.2 Å². The predicted molar refractivity (Wildman–Crippen MR) is 211 cm³/mol. The van der Waals surface area contributed by atoms with E-state index >= 15 is 8.42 Å². The van der Waals surface area contributed by atoms with E-state index < -0.39 is 10.0 Å². The Balaban J connectivity index is 1.27. The number of ether oxygens (including phenoxy) is 5. The van der Waals surface area contributed by atoms with Crippen LogP contribution in [-0.2, 0) is 21.3 Å². The van der Waals surface area contributed by atoms with Crippen LogP contribution in [0.1, 0.15) is 49.3 Å². The van der Waals surface area contributed by atoms with E-state index in [1.807, 2.05) is 4.90 Å². The Labute approximate surface area is 332 Å². The molecule has 1 atom stereocenters. The monoisotopic (exact) mass is 845 g/mol. The van der Waals surface area contributed by atoms with Crippen LogP contribution >= 0.6 is 15.9 Å². The molecular weight excluding hydrogens is 806 g/mol. The number of rotatable bonds is 14. The molecule has 0 amide bonds. The normalized spacial score (nSPS) is 15.8. The standard InChI is InChI=1S/C39H40BrN7O8S/c1-50-27-12-8-23(9-13-27)22-46(56(48,49)37-33(52-3)15-25(16-34(37)53-4)38-41-20-26(40)21-42-38)39-28-17-32(51-2)30(19-31(28)55-45-39)47(36-7-5-6-14-54-36)35-18-29(43-44-35)24-10-11-24/h8-9,12-13,15-21,24,36H,5-7,10-11,14,22H2,1-4H3,(H,43,44). The number of sulfonamides is 1. The second kappa shape index (κ2) is 15.6. The zero-order chi connectivity index (χ0) is 39.0. The molecule has 56 heavy (non-hydrogen) atoms. The Morgan fingerprint density at radius 3 is 2.21 bits per heavy atom. The van der Waals surface area contributed by atoms with Gasteiger partial charge in [0, 0.05) is 42.6 Å². The van der Waals surface area contributed by atoms with Crippen LogP contribution in [0.5, 0.6) is 23.0 Å². The molecule has 1 saturated carbocycles. The molecule has 17 heteroatoms. The fraction of sp³-hybridized carbons (Fsp3) is 0.333. The van der Waals surface area contributed by atoms with Crippen molar-refractivity contribution in [3.05, 3.63) is 82.7 Å². The molecular formula is C39H40BrN7O8S. The quantitative estimate of drug-likeness (QED) is 0.113. The van der Waals surface area contributed by atoms with Crippen LogP contribution in [0.3, 0.4) is 0 Å². The van der Waals surface area contributed by atoms with Gasteiger partial charge in [-0.05, 0) is 83.9 Å². The summed E-state index contributed by atoms with van der Waals surface area (Å²) in [6.07, 6.45) is 7.85. The molecule has 1 aliphatic carbocycles. The molecule has 1 unspecified atom stereocenters. The van der Waals surface area contributed by atoms with Gasteiger partial charge in [0.1, 0.15) is 35.0 Å². The fourth-order valence-corrected chi connectivity index (χ4v) is 8.78. The molecule has 3 aromatic carbocycles. The van der Waals surface area contributed by atoms with Gasteiger partial charge >= 0.3 is 0 Å². The van der Waals surface area contributed by atoms with Crippen LogP contribution in [0.4, 0.5) is 17.3 Å². The number of fused-ring (bicyclic) bond motifs is 1. The number of aromatic nitrogens is 5. The van der Waals surface area contributed by atoms with Gasteiger partial charge in [0.25, 0.3) is 10.0 Å². The molecule has 8 rings (SSSR count). The number of hydrogen-bond donors (Lipinski definition) is 1. The van der Waals surface area contributed by atoms with Gasteiger partial charge in [-0.2, -0.15) is 5.10 Å². The maximum Gasteiger partial charge on any atom is 0.273 e. The first-order valence-corrected chi connectivity index (χ1v) is 20.3. The first-order chi connectivity index (χ1) is 27.2. The number of H-pyrrole nitrogens is 1. The van der Waals surface area contributed by atoms with E-state index in [4.69, 9.17) is 28.2 Å². The molecule has 1 saturated heterocycles. The van der Waals surface area contributed by atoms with Gasteiger partial charge in [-0.1, -0.05) is 17.3 Å². The topological polar surface area (TPSA) is 167 Å². The Hall–Kier alpha value is -5.39. The molecule has 292 valence electrons. The number of benzene rings is 3. The van der Waals surface area contributed by atoms with Gasteiger partial charge in [-0.3, -0.25) is 10.00 Å². The second-order valence-corrected chi connectivity index (χ2v) is 16.2. The Bertz CT molecular complexity index is 2420. The molecule has 1 aliphatic heterocycles. The number of methoxy groups -OCH3 is 4. The molecule has 2 fully saturated rings. The molecule has 0 radical (unpaired) electrons. The summed E-state index contributed by atoms with van der Waals surface area (Å²) in [6, 6.07) is 15.8. The third-order valence-corrected chi connectivity index (χ3v) is 12.1. The van der Waals surface area contributed by atoms with Crippen LogP contribution < -0.4 is 28.2 Å². The van der Waals surface area contributed by atoms with Crippen LogP contribution in [0.15, 0.2) is 80.9 Å². The van der Waals surface area contributed by atoms with Crippen LogP contribution in [-0.4, -0.2) is 75.0 Å². The summed E-state index contributed by atoms with van der Waals surface area (Å²) >= 11 is 3.36. The van der Waals surface area contributed by atoms with Crippen LogP contribution in [0.25, 0.3) is 22.4 Å². The van der Waals surface area contributed by atoms with Crippen molar-refractivity contribution in [3.8, 4) is 34.4 Å². The third kappa shape index (κ3) is 7.21. The van der Waals surface area contributed by atoms with Gasteiger partial charge in [0.05, 0.1) is 56.2 Å². The minimum Gasteiger partial charge on any atom is -0.497 e. The summed E-state index contributed by atoms with van der Waals surface area (Å²) in [5.41, 5.74) is 3.13. The molecule has 1 N–H and O–H groups in total. The van der Waals surface area contributed by atoms with Gasteiger partial charge in [0.2, 0.25) is 0 Å². The number of anilines is 3. The van der Waals surface area contributed by atoms with Crippen molar-refractivity contribution < 1.29 is 36.6 Å². The van der Waals surface area contributed by atoms with Crippen molar-refractivity contribution in [2.45, 2.75) is 55.7 Å². The van der Waals surface area contributed by atoms with Gasteiger partial charge in [0.15, 0.2) is 22.1 Å². The lowest BCUT2D eigenvalue weighted by Crippen LogP contribution is -2.36. The van der Waals surface area contributed by atoms with E-state index in [0.29, 0.717) is 62.1 Å². The smallest absolute Gasteiger partial charge is 0.273 e. The van der Waals surface area contributed by atoms with Crippen molar-refractivity contribution in [1.82, 2.24) is 25.3 Å². The summed E-state index contributed by atoms with van der Waals surface area (Å²) in [4.78, 5) is 10.6. The molecule has 0 spiro atoms. The summed E-state index contributed by atoms with van der Waals surface area (Å²) in [5.74, 6) is 2.69. The average molecular weight is 847 g/mol. The lowest BCUT2D eigenvalue weighted by Gasteiger charge is -2.35. The summed E-state index contributed by atoms with van der Waals surface area (Å²) in [7, 11) is 1.38. The Morgan fingerprint density at radius 2 is 1.59 bits per heavy atom. The van der Waals surface area contributed by atoms with Crippen LogP contribution in [0, 0.1) is 0 Å². The van der Waals surface area contributed by atoms with E-state index in [0.717, 1.165) is 43.6 Å². The number of nitrogens with zero attached hydrogens (tertiary/aromatic N) is 6. The molecule has 2 aliphatic rings. The highest BCUT2D eigenvalue weighted by Crippen LogP contribution is 2.46. The maximum absolute atomic E-state index is 15.2. The second-order valence-electron chi connectivity index (χ2n) is 13.5. The summed E-state index contributed by atoms with van der Waals surface area (Å²) in [6.45, 7) is 0.478. The minimum absolute atomic E-state index is 0.0199. The Kier molecular flexibility index (Phi) is 10.5. The zero-order valence-electron chi connectivity index (χ0n) is 31.2. The minimum atomic E-state index is -4.53. The first-order valence-electron chi connectivity index (χ1n) is 18.1. The largest absolute Gasteiger partial charge is 0.497 e. The molecule has 3 aromatic heterocycles. The highest BCUT2D eigenvalue weighted by Gasteiger charge is 2.37. The summed E-state index contributed by atoms with van der Waals surface area (Å²) < 4.78 is 67.4. The highest BCUT2D eigenvalue weighted by atomic mass is 79.9.